The third-order valence-electron chi connectivity index (χ3n) is 4.55. The number of rotatable bonds is 2. The van der Waals surface area contributed by atoms with E-state index >= 15 is 0 Å². The molecule has 0 bridgehead atoms. The molecule has 0 atom stereocenters. The van der Waals surface area contributed by atoms with Crippen molar-refractivity contribution in [1.82, 2.24) is 4.98 Å². The monoisotopic (exact) mass is 260 g/mol. The number of nitrogens with zero attached hydrogens (tertiary/aromatic N) is 2. The first kappa shape index (κ1) is 12.5. The average molecular weight is 260 g/mol. The van der Waals surface area contributed by atoms with Gasteiger partial charge in [-0.15, -0.1) is 0 Å². The molecule has 2 aliphatic rings. The van der Waals surface area contributed by atoms with E-state index in [4.69, 9.17) is 5.11 Å². The van der Waals surface area contributed by atoms with E-state index in [0.717, 1.165) is 18.8 Å². The number of aromatic nitrogens is 1. The van der Waals surface area contributed by atoms with Gasteiger partial charge < -0.3 is 10.0 Å². The normalized spacial score (nSPS) is 21.8. The lowest BCUT2D eigenvalue weighted by molar-refractivity contribution is 0.0690. The van der Waals surface area contributed by atoms with Gasteiger partial charge in [0.25, 0.3) is 0 Å². The van der Waals surface area contributed by atoms with Gasteiger partial charge in [0.15, 0.2) is 0 Å². The van der Waals surface area contributed by atoms with Gasteiger partial charge in [0.05, 0.1) is 11.9 Å². The van der Waals surface area contributed by atoms with Crippen LogP contribution in [0.1, 0.15) is 49.0 Å². The second-order valence-electron chi connectivity index (χ2n) is 5.98. The molecule has 4 nitrogen and oxygen atoms in total. The van der Waals surface area contributed by atoms with E-state index < -0.39 is 5.97 Å². The molecule has 1 spiro atoms. The van der Waals surface area contributed by atoms with E-state index in [2.05, 4.69) is 9.88 Å². The van der Waals surface area contributed by atoms with E-state index in [1.54, 1.807) is 12.3 Å². The van der Waals surface area contributed by atoms with Gasteiger partial charge in [-0.2, -0.15) is 0 Å². The molecule has 19 heavy (non-hydrogen) atoms. The summed E-state index contributed by atoms with van der Waals surface area (Å²) in [5.41, 5.74) is 1.70. The van der Waals surface area contributed by atoms with Crippen LogP contribution in [0.3, 0.4) is 0 Å². The predicted octanol–water partition coefficient (Wildman–Crippen LogP) is 2.94. The molecule has 1 N–H and O–H groups in total. The van der Waals surface area contributed by atoms with Crippen LogP contribution in [0.5, 0.6) is 0 Å². The SMILES string of the molecule is O=C(O)c1ccc(N2CC3(CCCCCC3)C2)cn1. The molecule has 2 heterocycles. The Morgan fingerprint density at radius 1 is 1.16 bits per heavy atom. The van der Waals surface area contributed by atoms with Crippen molar-refractivity contribution in [3.63, 3.8) is 0 Å². The highest BCUT2D eigenvalue weighted by Crippen LogP contribution is 2.44. The number of hydrogen-bond donors (Lipinski definition) is 1. The molecular formula is C15H20N2O2. The zero-order valence-electron chi connectivity index (χ0n) is 11.1. The summed E-state index contributed by atoms with van der Waals surface area (Å²) in [5.74, 6) is -0.963. The summed E-state index contributed by atoms with van der Waals surface area (Å²) >= 11 is 0. The molecule has 3 rings (SSSR count). The van der Waals surface area contributed by atoms with Gasteiger partial charge in [0.2, 0.25) is 0 Å². The number of anilines is 1. The molecule has 1 saturated carbocycles. The van der Waals surface area contributed by atoms with Gasteiger partial charge in [-0.05, 0) is 25.0 Å². The van der Waals surface area contributed by atoms with Crippen LogP contribution in [0, 0.1) is 5.41 Å². The summed E-state index contributed by atoms with van der Waals surface area (Å²) in [5, 5.41) is 8.84. The lowest BCUT2D eigenvalue weighted by Crippen LogP contribution is -2.56. The van der Waals surface area contributed by atoms with E-state index in [9.17, 15) is 4.79 Å². The molecule has 1 aromatic rings. The number of pyridine rings is 1. The van der Waals surface area contributed by atoms with Crippen molar-refractivity contribution in [2.45, 2.75) is 38.5 Å². The molecular weight excluding hydrogens is 240 g/mol. The van der Waals surface area contributed by atoms with Gasteiger partial charge in [0, 0.05) is 18.5 Å². The minimum absolute atomic E-state index is 0.119. The average Bonchev–Trinajstić information content (AvgIpc) is 2.63. The summed E-state index contributed by atoms with van der Waals surface area (Å²) in [6.45, 7) is 2.22. The van der Waals surface area contributed by atoms with Crippen LogP contribution >= 0.6 is 0 Å². The van der Waals surface area contributed by atoms with Crippen LogP contribution in [0.15, 0.2) is 18.3 Å². The number of carboxylic acids is 1. The zero-order valence-corrected chi connectivity index (χ0v) is 11.1. The quantitative estimate of drug-likeness (QED) is 0.888. The molecule has 0 aromatic carbocycles. The lowest BCUT2D eigenvalue weighted by atomic mass is 9.73. The van der Waals surface area contributed by atoms with Crippen LogP contribution in [0.2, 0.25) is 0 Å². The molecule has 1 aliphatic carbocycles. The Morgan fingerprint density at radius 3 is 2.37 bits per heavy atom. The standard InChI is InChI=1S/C15H20N2O2/c18-14(19)13-6-5-12(9-16-13)17-10-15(11-17)7-3-1-2-4-8-15/h5-6,9H,1-4,7-8,10-11H2,(H,18,19). The first-order valence-electron chi connectivity index (χ1n) is 7.13. The topological polar surface area (TPSA) is 53.4 Å². The number of carbonyl (C=O) groups is 1. The highest BCUT2D eigenvalue weighted by molar-refractivity contribution is 5.85. The van der Waals surface area contributed by atoms with Crippen molar-refractivity contribution in [1.29, 1.82) is 0 Å². The fraction of sp³-hybridized carbons (Fsp3) is 0.600. The Morgan fingerprint density at radius 2 is 1.84 bits per heavy atom. The van der Waals surface area contributed by atoms with Crippen LogP contribution in [-0.2, 0) is 0 Å². The maximum absolute atomic E-state index is 10.8. The molecule has 0 unspecified atom stereocenters. The summed E-state index contributed by atoms with van der Waals surface area (Å²) in [4.78, 5) is 17.1. The predicted molar refractivity (Wildman–Crippen MR) is 73.5 cm³/mol. The molecule has 102 valence electrons. The second-order valence-corrected chi connectivity index (χ2v) is 5.98. The maximum Gasteiger partial charge on any atom is 0.354 e. The maximum atomic E-state index is 10.8. The van der Waals surface area contributed by atoms with Gasteiger partial charge in [-0.1, -0.05) is 25.7 Å². The van der Waals surface area contributed by atoms with Crippen molar-refractivity contribution in [2.24, 2.45) is 5.41 Å². The second kappa shape index (κ2) is 4.83. The number of hydrogen-bond acceptors (Lipinski definition) is 3. The van der Waals surface area contributed by atoms with Crippen molar-refractivity contribution >= 4 is 11.7 Å². The summed E-state index contributed by atoms with van der Waals surface area (Å²) < 4.78 is 0. The summed E-state index contributed by atoms with van der Waals surface area (Å²) in [6, 6.07) is 3.47. The Bertz CT molecular complexity index is 454. The van der Waals surface area contributed by atoms with Crippen LogP contribution in [0.4, 0.5) is 5.69 Å². The minimum atomic E-state index is -0.963. The van der Waals surface area contributed by atoms with E-state index in [1.807, 2.05) is 6.07 Å². The molecule has 0 amide bonds. The fourth-order valence-electron chi connectivity index (χ4n) is 3.44. The van der Waals surface area contributed by atoms with Crippen LogP contribution in [0.25, 0.3) is 0 Å². The first-order valence-corrected chi connectivity index (χ1v) is 7.13. The molecule has 4 heteroatoms. The van der Waals surface area contributed by atoms with E-state index in [0.29, 0.717) is 5.41 Å². The Hall–Kier alpha value is -1.58. The van der Waals surface area contributed by atoms with Crippen molar-refractivity contribution in [3.8, 4) is 0 Å². The van der Waals surface area contributed by atoms with Gasteiger partial charge in [0.1, 0.15) is 5.69 Å². The van der Waals surface area contributed by atoms with Crippen molar-refractivity contribution in [2.75, 3.05) is 18.0 Å². The van der Waals surface area contributed by atoms with Gasteiger partial charge >= 0.3 is 5.97 Å². The molecule has 0 radical (unpaired) electrons. The van der Waals surface area contributed by atoms with E-state index in [1.165, 1.54) is 38.5 Å². The van der Waals surface area contributed by atoms with Gasteiger partial charge in [-0.25, -0.2) is 9.78 Å². The molecule has 2 fully saturated rings. The highest BCUT2D eigenvalue weighted by atomic mass is 16.4. The first-order chi connectivity index (χ1) is 9.19. The summed E-state index contributed by atoms with van der Waals surface area (Å²) in [6.07, 6.45) is 9.89. The van der Waals surface area contributed by atoms with Crippen molar-refractivity contribution in [3.05, 3.63) is 24.0 Å². The molecule has 1 aliphatic heterocycles. The third kappa shape index (κ3) is 2.44. The smallest absolute Gasteiger partial charge is 0.354 e. The largest absolute Gasteiger partial charge is 0.477 e. The fourth-order valence-corrected chi connectivity index (χ4v) is 3.44. The third-order valence-corrected chi connectivity index (χ3v) is 4.55. The van der Waals surface area contributed by atoms with Gasteiger partial charge in [-0.3, -0.25) is 0 Å². The number of aromatic carboxylic acids is 1. The highest BCUT2D eigenvalue weighted by Gasteiger charge is 2.42. The van der Waals surface area contributed by atoms with Crippen LogP contribution < -0.4 is 4.90 Å². The zero-order chi connectivity index (χ0) is 13.3. The Labute approximate surface area is 113 Å². The summed E-state index contributed by atoms with van der Waals surface area (Å²) in [7, 11) is 0. The molecule has 1 aromatic heterocycles. The molecule has 1 saturated heterocycles. The Balaban J connectivity index is 1.64. The van der Waals surface area contributed by atoms with Crippen LogP contribution in [-0.4, -0.2) is 29.1 Å². The Kier molecular flexibility index (Phi) is 3.17. The minimum Gasteiger partial charge on any atom is -0.477 e. The van der Waals surface area contributed by atoms with Crippen molar-refractivity contribution < 1.29 is 9.90 Å². The lowest BCUT2D eigenvalue weighted by Gasteiger charge is -2.51. The number of carboxylic acid groups (broad SMARTS) is 1. The van der Waals surface area contributed by atoms with E-state index in [-0.39, 0.29) is 5.69 Å².